The average molecular weight is 312 g/mol. The van der Waals surface area contributed by atoms with Gasteiger partial charge in [0.1, 0.15) is 0 Å². The summed E-state index contributed by atoms with van der Waals surface area (Å²) in [6.07, 6.45) is 3.04. The summed E-state index contributed by atoms with van der Waals surface area (Å²) in [7, 11) is -1.86. The monoisotopic (exact) mass is 311 g/mol. The second-order valence-electron chi connectivity index (χ2n) is 4.12. The van der Waals surface area contributed by atoms with Crippen LogP contribution in [0.3, 0.4) is 0 Å². The lowest BCUT2D eigenvalue weighted by Crippen LogP contribution is -2.14. The van der Waals surface area contributed by atoms with E-state index in [0.717, 1.165) is 5.56 Å². The molecule has 1 aromatic heterocycles. The first-order valence-corrected chi connectivity index (χ1v) is 7.75. The summed E-state index contributed by atoms with van der Waals surface area (Å²) in [5, 5.41) is 3.48. The molecule has 0 saturated heterocycles. The molecule has 0 aliphatic heterocycles. The van der Waals surface area contributed by atoms with E-state index < -0.39 is 10.0 Å². The number of nitrogens with zero attached hydrogens (tertiary/aromatic N) is 1. The zero-order valence-corrected chi connectivity index (χ0v) is 12.4. The van der Waals surface area contributed by atoms with Crippen molar-refractivity contribution in [1.29, 1.82) is 0 Å². The van der Waals surface area contributed by atoms with Crippen LogP contribution in [0.2, 0.25) is 5.02 Å². The van der Waals surface area contributed by atoms with Crippen LogP contribution in [0.15, 0.2) is 47.6 Å². The second-order valence-corrected chi connectivity index (χ2v) is 6.21. The molecule has 7 heteroatoms. The minimum absolute atomic E-state index is 0.170. The fourth-order valence-corrected chi connectivity index (χ4v) is 2.97. The van der Waals surface area contributed by atoms with Crippen LogP contribution in [0.1, 0.15) is 5.56 Å². The third-order valence-electron chi connectivity index (χ3n) is 2.63. The van der Waals surface area contributed by atoms with E-state index in [0.29, 0.717) is 17.3 Å². The molecule has 0 bridgehead atoms. The molecular formula is C13H14ClN3O2S. The summed E-state index contributed by atoms with van der Waals surface area (Å²) >= 11 is 6.02. The average Bonchev–Trinajstić information content (AvgIpc) is 2.42. The zero-order valence-electron chi connectivity index (χ0n) is 10.8. The Labute approximate surface area is 123 Å². The van der Waals surface area contributed by atoms with Crippen LogP contribution in [0.25, 0.3) is 0 Å². The quantitative estimate of drug-likeness (QED) is 0.888. The van der Waals surface area contributed by atoms with Gasteiger partial charge < -0.3 is 5.32 Å². The van der Waals surface area contributed by atoms with E-state index in [1.807, 2.05) is 0 Å². The number of rotatable bonds is 5. The van der Waals surface area contributed by atoms with Gasteiger partial charge in [0.2, 0.25) is 0 Å². The van der Waals surface area contributed by atoms with E-state index in [1.165, 1.54) is 18.5 Å². The van der Waals surface area contributed by atoms with Crippen LogP contribution in [0.4, 0.5) is 5.69 Å². The van der Waals surface area contributed by atoms with Crippen molar-refractivity contribution in [3.8, 4) is 0 Å². The largest absolute Gasteiger partial charge is 0.316 e. The lowest BCUT2D eigenvalue weighted by molar-refractivity contribution is 0.601. The van der Waals surface area contributed by atoms with E-state index >= 15 is 0 Å². The predicted octanol–water partition coefficient (Wildman–Crippen LogP) is 2.26. The molecule has 0 radical (unpaired) electrons. The molecule has 0 unspecified atom stereocenters. The zero-order chi connectivity index (χ0) is 14.6. The SMILES string of the molecule is CNCc1cc(S(=O)(=O)Nc2ccncc2)ccc1Cl. The molecule has 106 valence electrons. The number of benzene rings is 1. The lowest BCUT2D eigenvalue weighted by atomic mass is 10.2. The fourth-order valence-electron chi connectivity index (χ4n) is 1.68. The first kappa shape index (κ1) is 14.8. The Balaban J connectivity index is 2.32. The van der Waals surface area contributed by atoms with E-state index in [1.54, 1.807) is 31.3 Å². The third-order valence-corrected chi connectivity index (χ3v) is 4.37. The molecule has 20 heavy (non-hydrogen) atoms. The molecule has 5 nitrogen and oxygen atoms in total. The van der Waals surface area contributed by atoms with Crippen LogP contribution in [-0.4, -0.2) is 20.4 Å². The van der Waals surface area contributed by atoms with E-state index in [2.05, 4.69) is 15.0 Å². The number of hydrogen-bond donors (Lipinski definition) is 2. The highest BCUT2D eigenvalue weighted by Crippen LogP contribution is 2.22. The highest BCUT2D eigenvalue weighted by atomic mass is 35.5. The molecule has 0 atom stereocenters. The van der Waals surface area contributed by atoms with Crippen molar-refractivity contribution >= 4 is 27.3 Å². The summed E-state index contributed by atoms with van der Waals surface area (Å²) in [4.78, 5) is 4.01. The Kier molecular flexibility index (Phi) is 4.59. The lowest BCUT2D eigenvalue weighted by Gasteiger charge is -2.10. The molecule has 0 amide bonds. The van der Waals surface area contributed by atoms with Crippen molar-refractivity contribution in [3.05, 3.63) is 53.3 Å². The maximum Gasteiger partial charge on any atom is 0.261 e. The van der Waals surface area contributed by atoms with Crippen molar-refractivity contribution in [2.45, 2.75) is 11.4 Å². The van der Waals surface area contributed by atoms with Crippen LogP contribution in [-0.2, 0) is 16.6 Å². The fraction of sp³-hybridized carbons (Fsp3) is 0.154. The Hall–Kier alpha value is -1.63. The van der Waals surface area contributed by atoms with Gasteiger partial charge in [-0.25, -0.2) is 8.42 Å². The molecule has 2 aromatic rings. The second kappa shape index (κ2) is 6.21. The molecular weight excluding hydrogens is 298 g/mol. The van der Waals surface area contributed by atoms with Crippen molar-refractivity contribution in [1.82, 2.24) is 10.3 Å². The molecule has 1 aromatic carbocycles. The summed E-state index contributed by atoms with van der Waals surface area (Å²) < 4.78 is 27.0. The number of sulfonamides is 1. The van der Waals surface area contributed by atoms with E-state index in [4.69, 9.17) is 11.6 Å². The molecule has 0 aliphatic carbocycles. The third kappa shape index (κ3) is 3.47. The Morgan fingerprint density at radius 1 is 1.20 bits per heavy atom. The number of anilines is 1. The van der Waals surface area contributed by atoms with Crippen LogP contribution in [0.5, 0.6) is 0 Å². The van der Waals surface area contributed by atoms with Gasteiger partial charge in [-0.3, -0.25) is 9.71 Å². The van der Waals surface area contributed by atoms with E-state index in [-0.39, 0.29) is 4.90 Å². The van der Waals surface area contributed by atoms with Gasteiger partial charge in [-0.2, -0.15) is 0 Å². The van der Waals surface area contributed by atoms with Gasteiger partial charge in [0.15, 0.2) is 0 Å². The highest BCUT2D eigenvalue weighted by molar-refractivity contribution is 7.92. The summed E-state index contributed by atoms with van der Waals surface area (Å²) in [5.74, 6) is 0. The maximum atomic E-state index is 12.3. The standard InChI is InChI=1S/C13H14ClN3O2S/c1-15-9-10-8-12(2-3-13(10)14)20(18,19)17-11-4-6-16-7-5-11/h2-8,15H,9H2,1H3,(H,16,17). The normalized spacial score (nSPS) is 11.3. The Morgan fingerprint density at radius 2 is 1.90 bits per heavy atom. The number of pyridine rings is 1. The summed E-state index contributed by atoms with van der Waals surface area (Å²) in [5.41, 5.74) is 1.19. The molecule has 2 rings (SSSR count). The number of hydrogen-bond acceptors (Lipinski definition) is 4. The van der Waals surface area contributed by atoms with Gasteiger partial charge in [-0.1, -0.05) is 11.6 Å². The van der Waals surface area contributed by atoms with Gasteiger partial charge in [0.05, 0.1) is 10.6 Å². The van der Waals surface area contributed by atoms with Gasteiger partial charge in [-0.15, -0.1) is 0 Å². The van der Waals surface area contributed by atoms with Crippen molar-refractivity contribution in [2.24, 2.45) is 0 Å². The maximum absolute atomic E-state index is 12.3. The number of halogens is 1. The van der Waals surface area contributed by atoms with E-state index in [9.17, 15) is 8.42 Å². The first-order chi connectivity index (χ1) is 9.53. The predicted molar refractivity (Wildman–Crippen MR) is 79.3 cm³/mol. The summed E-state index contributed by atoms with van der Waals surface area (Å²) in [6.45, 7) is 0.497. The molecule has 0 fully saturated rings. The molecule has 0 spiro atoms. The number of aromatic nitrogens is 1. The molecule has 0 saturated carbocycles. The topological polar surface area (TPSA) is 71.1 Å². The van der Waals surface area contributed by atoms with Crippen molar-refractivity contribution in [3.63, 3.8) is 0 Å². The van der Waals surface area contributed by atoms with Gasteiger partial charge in [0.25, 0.3) is 10.0 Å². The van der Waals surface area contributed by atoms with Crippen molar-refractivity contribution < 1.29 is 8.42 Å². The Bertz CT molecular complexity index is 690. The number of nitrogens with one attached hydrogen (secondary N) is 2. The minimum atomic E-state index is -3.64. The van der Waals surface area contributed by atoms with Crippen molar-refractivity contribution in [2.75, 3.05) is 11.8 Å². The van der Waals surface area contributed by atoms with Crippen LogP contribution in [0, 0.1) is 0 Å². The minimum Gasteiger partial charge on any atom is -0.316 e. The van der Waals surface area contributed by atoms with Gasteiger partial charge in [-0.05, 0) is 42.9 Å². The van der Waals surface area contributed by atoms with Gasteiger partial charge >= 0.3 is 0 Å². The van der Waals surface area contributed by atoms with Crippen LogP contribution >= 0.6 is 11.6 Å². The molecule has 0 aliphatic rings. The van der Waals surface area contributed by atoms with Gasteiger partial charge in [0, 0.05) is 24.0 Å². The molecule has 2 N–H and O–H groups in total. The van der Waals surface area contributed by atoms with Crippen LogP contribution < -0.4 is 10.0 Å². The Morgan fingerprint density at radius 3 is 2.55 bits per heavy atom. The smallest absolute Gasteiger partial charge is 0.261 e. The first-order valence-electron chi connectivity index (χ1n) is 5.89. The summed E-state index contributed by atoms with van der Waals surface area (Å²) in [6, 6.07) is 7.78. The molecule has 1 heterocycles. The highest BCUT2D eigenvalue weighted by Gasteiger charge is 2.15.